The van der Waals surface area contributed by atoms with E-state index in [2.05, 4.69) is 15.3 Å². The van der Waals surface area contributed by atoms with Gasteiger partial charge in [0, 0.05) is 18.8 Å². The molecule has 4 nitrogen and oxygen atoms in total. The molecule has 0 aliphatic heterocycles. The van der Waals surface area contributed by atoms with Crippen molar-refractivity contribution in [3.63, 3.8) is 0 Å². The summed E-state index contributed by atoms with van der Waals surface area (Å²) in [6, 6.07) is 5.02. The van der Waals surface area contributed by atoms with Crippen molar-refractivity contribution in [2.75, 3.05) is 11.9 Å². The Hall–Kier alpha value is -2.15. The maximum Gasteiger partial charge on any atom is 0.223 e. The van der Waals surface area contributed by atoms with Gasteiger partial charge in [0.2, 0.25) is 5.95 Å². The summed E-state index contributed by atoms with van der Waals surface area (Å²) in [4.78, 5) is 8.29. The number of nitrogens with two attached hydrogens (primary N) is 1. The summed E-state index contributed by atoms with van der Waals surface area (Å²) in [5, 5.41) is 2.95. The summed E-state index contributed by atoms with van der Waals surface area (Å²) >= 11 is 4.82. The fraction of sp³-hybridized carbons (Fsp3) is 0.154. The monoisotopic (exact) mass is 294 g/mol. The lowest BCUT2D eigenvalue weighted by Crippen LogP contribution is -2.14. The maximum atomic E-state index is 13.0. The number of hydrogen-bond donors (Lipinski definition) is 2. The lowest BCUT2D eigenvalue weighted by Gasteiger charge is -2.06. The van der Waals surface area contributed by atoms with Gasteiger partial charge in [0.25, 0.3) is 0 Å². The van der Waals surface area contributed by atoms with Crippen LogP contribution >= 0.6 is 12.2 Å². The molecule has 0 unspecified atom stereocenters. The van der Waals surface area contributed by atoms with Gasteiger partial charge in [0.05, 0.1) is 0 Å². The number of rotatable bonds is 5. The van der Waals surface area contributed by atoms with Gasteiger partial charge in [-0.15, -0.1) is 0 Å². The molecule has 0 radical (unpaired) electrons. The maximum absolute atomic E-state index is 13.0. The van der Waals surface area contributed by atoms with Crippen molar-refractivity contribution in [1.29, 1.82) is 0 Å². The van der Waals surface area contributed by atoms with E-state index >= 15 is 0 Å². The van der Waals surface area contributed by atoms with Gasteiger partial charge in [-0.05, 0) is 30.2 Å². The first-order valence-corrected chi connectivity index (χ1v) is 6.27. The van der Waals surface area contributed by atoms with Crippen molar-refractivity contribution in [3.05, 3.63) is 53.4 Å². The van der Waals surface area contributed by atoms with Crippen LogP contribution < -0.4 is 11.1 Å². The molecular weight excluding hydrogens is 282 g/mol. The molecule has 7 heteroatoms. The fourth-order valence-electron chi connectivity index (χ4n) is 1.66. The van der Waals surface area contributed by atoms with Gasteiger partial charge in [-0.2, -0.15) is 0 Å². The summed E-state index contributed by atoms with van der Waals surface area (Å²) in [5.74, 6) is -0.814. The Bertz CT molecular complexity index is 613. The van der Waals surface area contributed by atoms with Gasteiger partial charge in [-0.1, -0.05) is 12.2 Å². The zero-order chi connectivity index (χ0) is 14.5. The average Bonchev–Trinajstić information content (AvgIpc) is 2.38. The van der Waals surface area contributed by atoms with Crippen LogP contribution in [-0.2, 0) is 6.42 Å². The zero-order valence-corrected chi connectivity index (χ0v) is 11.3. The third-order valence-electron chi connectivity index (χ3n) is 2.53. The smallest absolute Gasteiger partial charge is 0.223 e. The van der Waals surface area contributed by atoms with Gasteiger partial charge in [-0.25, -0.2) is 18.7 Å². The van der Waals surface area contributed by atoms with Crippen LogP contribution in [0.4, 0.5) is 14.7 Å². The predicted octanol–water partition coefficient (Wildman–Crippen LogP) is 2.04. The molecule has 2 aromatic rings. The number of hydrogen-bond acceptors (Lipinski definition) is 4. The van der Waals surface area contributed by atoms with E-state index < -0.39 is 11.6 Å². The van der Waals surface area contributed by atoms with Crippen LogP contribution in [0.1, 0.15) is 11.3 Å². The van der Waals surface area contributed by atoms with Crippen LogP contribution in [0.5, 0.6) is 0 Å². The lowest BCUT2D eigenvalue weighted by atomic mass is 10.1. The number of aromatic nitrogens is 2. The van der Waals surface area contributed by atoms with Crippen LogP contribution in [0.25, 0.3) is 0 Å². The Labute approximate surface area is 120 Å². The van der Waals surface area contributed by atoms with E-state index in [0.29, 0.717) is 30.2 Å². The normalized spacial score (nSPS) is 10.3. The highest BCUT2D eigenvalue weighted by atomic mass is 32.1. The van der Waals surface area contributed by atoms with Crippen molar-refractivity contribution < 1.29 is 8.78 Å². The summed E-state index contributed by atoms with van der Waals surface area (Å²) < 4.78 is 26.0. The molecule has 20 heavy (non-hydrogen) atoms. The topological polar surface area (TPSA) is 63.8 Å². The summed E-state index contributed by atoms with van der Waals surface area (Å²) in [5.41, 5.74) is 6.49. The molecule has 1 heterocycles. The highest BCUT2D eigenvalue weighted by Crippen LogP contribution is 2.09. The molecule has 1 aromatic carbocycles. The second-order valence-electron chi connectivity index (χ2n) is 4.08. The fourth-order valence-corrected chi connectivity index (χ4v) is 1.77. The number of halogens is 2. The van der Waals surface area contributed by atoms with Crippen LogP contribution in [0.3, 0.4) is 0 Å². The Balaban J connectivity index is 1.95. The quantitative estimate of drug-likeness (QED) is 0.826. The summed E-state index contributed by atoms with van der Waals surface area (Å²) in [6.45, 7) is 0.434. The van der Waals surface area contributed by atoms with Crippen molar-refractivity contribution in [1.82, 2.24) is 9.97 Å². The molecule has 0 fully saturated rings. The SMILES string of the molecule is NC(=S)c1ccnc(NCCc2cc(F)cc(F)c2)n1. The Morgan fingerprint density at radius 3 is 2.60 bits per heavy atom. The number of nitrogens with zero attached hydrogens (tertiary/aromatic N) is 2. The number of benzene rings is 1. The van der Waals surface area contributed by atoms with E-state index in [0.717, 1.165) is 6.07 Å². The number of thiocarbonyl (C=S) groups is 1. The Morgan fingerprint density at radius 1 is 1.25 bits per heavy atom. The molecule has 0 bridgehead atoms. The van der Waals surface area contributed by atoms with Gasteiger partial charge in [0.15, 0.2) is 0 Å². The largest absolute Gasteiger partial charge is 0.388 e. The third kappa shape index (κ3) is 3.92. The molecular formula is C13H12F2N4S. The third-order valence-corrected chi connectivity index (χ3v) is 2.74. The van der Waals surface area contributed by atoms with E-state index in [-0.39, 0.29) is 4.99 Å². The first-order chi connectivity index (χ1) is 9.54. The van der Waals surface area contributed by atoms with E-state index in [1.54, 1.807) is 6.07 Å². The molecule has 0 atom stereocenters. The van der Waals surface area contributed by atoms with Gasteiger partial charge in [-0.3, -0.25) is 0 Å². The standard InChI is InChI=1S/C13H12F2N4S/c14-9-5-8(6-10(15)7-9)1-3-17-13-18-4-2-11(19-13)12(16)20/h2,4-7H,1,3H2,(H2,16,20)(H,17,18,19). The minimum Gasteiger partial charge on any atom is -0.388 e. The van der Waals surface area contributed by atoms with E-state index in [1.165, 1.54) is 18.3 Å². The van der Waals surface area contributed by atoms with E-state index in [1.807, 2.05) is 0 Å². The predicted molar refractivity (Wildman–Crippen MR) is 76.5 cm³/mol. The molecule has 104 valence electrons. The first kappa shape index (κ1) is 14.3. The number of nitrogens with one attached hydrogen (secondary N) is 1. The van der Waals surface area contributed by atoms with Crippen LogP contribution in [-0.4, -0.2) is 21.5 Å². The number of anilines is 1. The average molecular weight is 294 g/mol. The Morgan fingerprint density at radius 2 is 1.95 bits per heavy atom. The van der Waals surface area contributed by atoms with Gasteiger partial charge < -0.3 is 11.1 Å². The minimum absolute atomic E-state index is 0.183. The van der Waals surface area contributed by atoms with E-state index in [4.69, 9.17) is 18.0 Å². The molecule has 2 rings (SSSR count). The van der Waals surface area contributed by atoms with Crippen LogP contribution in [0, 0.1) is 11.6 Å². The highest BCUT2D eigenvalue weighted by molar-refractivity contribution is 7.80. The van der Waals surface area contributed by atoms with Crippen molar-refractivity contribution in [2.45, 2.75) is 6.42 Å². The lowest BCUT2D eigenvalue weighted by molar-refractivity contribution is 0.580. The molecule has 0 aliphatic rings. The second-order valence-corrected chi connectivity index (χ2v) is 4.52. The van der Waals surface area contributed by atoms with Crippen LogP contribution in [0.15, 0.2) is 30.5 Å². The second kappa shape index (κ2) is 6.33. The zero-order valence-electron chi connectivity index (χ0n) is 10.4. The van der Waals surface area contributed by atoms with Crippen molar-refractivity contribution >= 4 is 23.2 Å². The van der Waals surface area contributed by atoms with Crippen molar-refractivity contribution in [2.24, 2.45) is 5.73 Å². The molecule has 0 spiro atoms. The van der Waals surface area contributed by atoms with Crippen LogP contribution in [0.2, 0.25) is 0 Å². The summed E-state index contributed by atoms with van der Waals surface area (Å²) in [7, 11) is 0. The Kier molecular flexibility index (Phi) is 4.52. The van der Waals surface area contributed by atoms with E-state index in [9.17, 15) is 8.78 Å². The minimum atomic E-state index is -0.591. The molecule has 0 amide bonds. The molecule has 0 saturated carbocycles. The highest BCUT2D eigenvalue weighted by Gasteiger charge is 2.03. The molecule has 1 aromatic heterocycles. The van der Waals surface area contributed by atoms with Crippen molar-refractivity contribution in [3.8, 4) is 0 Å². The summed E-state index contributed by atoms with van der Waals surface area (Å²) in [6.07, 6.45) is 1.97. The molecule has 3 N–H and O–H groups in total. The van der Waals surface area contributed by atoms with Gasteiger partial charge in [0.1, 0.15) is 22.3 Å². The molecule has 0 saturated heterocycles. The van der Waals surface area contributed by atoms with Gasteiger partial charge >= 0.3 is 0 Å². The first-order valence-electron chi connectivity index (χ1n) is 5.86. The molecule has 0 aliphatic carbocycles.